The van der Waals surface area contributed by atoms with Gasteiger partial charge in [-0.2, -0.15) is 0 Å². The van der Waals surface area contributed by atoms with Crippen LogP contribution in [0.15, 0.2) is 54.7 Å². The SMILES string of the molecule is CCN1CCN(CC(=O)Nc2cc(Oc3ccc4c(c3)nc(Nc3ccc(Cl)c(C(C)(C)C)c3)n4C)ccn2)CC1. The summed E-state index contributed by atoms with van der Waals surface area (Å²) >= 11 is 6.46. The average molecular weight is 576 g/mol. The van der Waals surface area contributed by atoms with Gasteiger partial charge in [0.25, 0.3) is 0 Å². The van der Waals surface area contributed by atoms with E-state index in [0.29, 0.717) is 29.8 Å². The zero-order valence-electron chi connectivity index (χ0n) is 24.4. The van der Waals surface area contributed by atoms with Gasteiger partial charge in [0, 0.05) is 62.3 Å². The molecule has 0 unspecified atom stereocenters. The van der Waals surface area contributed by atoms with Gasteiger partial charge in [-0.15, -0.1) is 0 Å². The van der Waals surface area contributed by atoms with E-state index < -0.39 is 0 Å². The van der Waals surface area contributed by atoms with Crippen molar-refractivity contribution in [3.05, 3.63) is 65.3 Å². The number of amides is 1. The van der Waals surface area contributed by atoms with Crippen LogP contribution < -0.4 is 15.4 Å². The van der Waals surface area contributed by atoms with E-state index in [2.05, 4.69) is 59.2 Å². The number of hydrogen-bond donors (Lipinski definition) is 2. The minimum atomic E-state index is -0.0789. The molecule has 1 amide bonds. The third-order valence-corrected chi connectivity index (χ3v) is 7.73. The topological polar surface area (TPSA) is 87.5 Å². The van der Waals surface area contributed by atoms with Gasteiger partial charge in [0.15, 0.2) is 0 Å². The number of piperazine rings is 1. The number of nitrogens with zero attached hydrogens (tertiary/aromatic N) is 5. The van der Waals surface area contributed by atoms with E-state index >= 15 is 0 Å². The summed E-state index contributed by atoms with van der Waals surface area (Å²) in [5.41, 5.74) is 3.67. The first-order valence-corrected chi connectivity index (χ1v) is 14.4. The van der Waals surface area contributed by atoms with E-state index in [1.165, 1.54) is 0 Å². The van der Waals surface area contributed by atoms with Gasteiger partial charge >= 0.3 is 0 Å². The number of carbonyl (C=O) groups is 1. The summed E-state index contributed by atoms with van der Waals surface area (Å²) in [6.07, 6.45) is 1.63. The predicted molar refractivity (Wildman–Crippen MR) is 166 cm³/mol. The lowest BCUT2D eigenvalue weighted by Gasteiger charge is -2.33. The lowest BCUT2D eigenvalue weighted by atomic mass is 9.87. The largest absolute Gasteiger partial charge is 0.457 e. The van der Waals surface area contributed by atoms with Crippen LogP contribution in [0.5, 0.6) is 11.5 Å². The monoisotopic (exact) mass is 575 g/mol. The summed E-state index contributed by atoms with van der Waals surface area (Å²) in [4.78, 5) is 26.3. The fourth-order valence-corrected chi connectivity index (χ4v) is 5.39. The molecule has 1 aliphatic heterocycles. The van der Waals surface area contributed by atoms with Gasteiger partial charge in [-0.05, 0) is 53.9 Å². The van der Waals surface area contributed by atoms with Crippen LogP contribution in [0.25, 0.3) is 11.0 Å². The van der Waals surface area contributed by atoms with Gasteiger partial charge in [0.1, 0.15) is 17.3 Å². The number of halogens is 1. The summed E-state index contributed by atoms with van der Waals surface area (Å²) in [5.74, 6) is 2.31. The molecule has 0 aliphatic carbocycles. The van der Waals surface area contributed by atoms with Crippen LogP contribution in [0.2, 0.25) is 5.02 Å². The zero-order valence-corrected chi connectivity index (χ0v) is 25.1. The van der Waals surface area contributed by atoms with Gasteiger partial charge in [-0.1, -0.05) is 39.3 Å². The van der Waals surface area contributed by atoms with E-state index in [4.69, 9.17) is 21.3 Å². The Balaban J connectivity index is 1.25. The van der Waals surface area contributed by atoms with Gasteiger partial charge in [-0.3, -0.25) is 9.69 Å². The molecule has 9 nitrogen and oxygen atoms in total. The molecule has 1 fully saturated rings. The number of hydrogen-bond acceptors (Lipinski definition) is 7. The molecule has 0 saturated carbocycles. The number of aryl methyl sites for hydroxylation is 1. The molecule has 41 heavy (non-hydrogen) atoms. The molecule has 2 aromatic heterocycles. The highest BCUT2D eigenvalue weighted by Gasteiger charge is 2.20. The van der Waals surface area contributed by atoms with E-state index in [0.717, 1.165) is 60.0 Å². The predicted octanol–water partition coefficient (Wildman–Crippen LogP) is 6.03. The fourth-order valence-electron chi connectivity index (χ4n) is 4.99. The highest BCUT2D eigenvalue weighted by Crippen LogP contribution is 2.33. The van der Waals surface area contributed by atoms with Crippen molar-refractivity contribution in [1.82, 2.24) is 24.3 Å². The molecule has 0 radical (unpaired) electrons. The number of benzene rings is 2. The third kappa shape index (κ3) is 6.98. The lowest BCUT2D eigenvalue weighted by molar-refractivity contribution is -0.117. The molecule has 0 atom stereocenters. The van der Waals surface area contributed by atoms with Crippen LogP contribution in [0.3, 0.4) is 0 Å². The Morgan fingerprint density at radius 1 is 1.00 bits per heavy atom. The summed E-state index contributed by atoms with van der Waals surface area (Å²) < 4.78 is 8.13. The van der Waals surface area contributed by atoms with Crippen molar-refractivity contribution in [2.45, 2.75) is 33.1 Å². The van der Waals surface area contributed by atoms with E-state index in [1.54, 1.807) is 18.3 Å². The van der Waals surface area contributed by atoms with E-state index in [9.17, 15) is 4.79 Å². The van der Waals surface area contributed by atoms with Gasteiger partial charge in [-0.25, -0.2) is 9.97 Å². The van der Waals surface area contributed by atoms with Crippen LogP contribution in [0.4, 0.5) is 17.5 Å². The maximum atomic E-state index is 12.6. The summed E-state index contributed by atoms with van der Waals surface area (Å²) in [6, 6.07) is 15.2. The smallest absolute Gasteiger partial charge is 0.239 e. The zero-order chi connectivity index (χ0) is 29.1. The number of fused-ring (bicyclic) bond motifs is 1. The molecule has 216 valence electrons. The summed E-state index contributed by atoms with van der Waals surface area (Å²) in [6.45, 7) is 13.8. The number of likely N-dealkylation sites (N-methyl/N-ethyl adjacent to an activating group) is 1. The molecule has 5 rings (SSSR count). The maximum absolute atomic E-state index is 12.6. The van der Waals surface area contributed by atoms with Crippen LogP contribution in [0, 0.1) is 0 Å². The van der Waals surface area contributed by atoms with Crippen molar-refractivity contribution in [3.63, 3.8) is 0 Å². The Kier molecular flexibility index (Phi) is 8.49. The standard InChI is InChI=1S/C31H38ClN7O2/c1-6-38-13-15-39(16-14-38)20-29(40)36-28-19-23(11-12-33-28)41-22-8-10-27-26(18-22)35-30(37(27)5)34-21-7-9-25(32)24(17-21)31(2,3)4/h7-12,17-19H,6,13-16,20H2,1-5H3,(H,34,35)(H,33,36,40). The van der Waals surface area contributed by atoms with Crippen LogP contribution in [-0.2, 0) is 17.3 Å². The number of pyridine rings is 1. The average Bonchev–Trinajstić information content (AvgIpc) is 3.23. The summed E-state index contributed by atoms with van der Waals surface area (Å²) in [5, 5.41) is 7.08. The molecular formula is C31H38ClN7O2. The molecule has 3 heterocycles. The maximum Gasteiger partial charge on any atom is 0.239 e. The minimum absolute atomic E-state index is 0.0762. The van der Waals surface area contributed by atoms with E-state index in [1.807, 2.05) is 41.9 Å². The first-order chi connectivity index (χ1) is 19.6. The Morgan fingerprint density at radius 2 is 1.73 bits per heavy atom. The molecule has 2 N–H and O–H groups in total. The second-order valence-corrected chi connectivity index (χ2v) is 11.9. The normalized spacial score (nSPS) is 14.8. The molecule has 0 spiro atoms. The first-order valence-electron chi connectivity index (χ1n) is 14.0. The third-order valence-electron chi connectivity index (χ3n) is 7.40. The Hall–Kier alpha value is -3.66. The van der Waals surface area contributed by atoms with Gasteiger partial charge in [0.2, 0.25) is 11.9 Å². The molecule has 0 bridgehead atoms. The molecule has 1 aliphatic rings. The van der Waals surface area contributed by atoms with Gasteiger partial charge in [0.05, 0.1) is 17.6 Å². The summed E-state index contributed by atoms with van der Waals surface area (Å²) in [7, 11) is 1.97. The Labute approximate surface area is 246 Å². The van der Waals surface area contributed by atoms with Crippen molar-refractivity contribution in [2.75, 3.05) is 49.9 Å². The van der Waals surface area contributed by atoms with Crippen LogP contribution in [-0.4, -0.2) is 69.5 Å². The number of rotatable bonds is 8. The highest BCUT2D eigenvalue weighted by molar-refractivity contribution is 6.31. The number of carbonyl (C=O) groups excluding carboxylic acids is 1. The Bertz CT molecular complexity index is 1540. The van der Waals surface area contributed by atoms with Crippen molar-refractivity contribution < 1.29 is 9.53 Å². The molecule has 4 aromatic rings. The molecule has 10 heteroatoms. The molecular weight excluding hydrogens is 538 g/mol. The fraction of sp³-hybridized carbons (Fsp3) is 0.387. The quantitative estimate of drug-likeness (QED) is 0.265. The second-order valence-electron chi connectivity index (χ2n) is 11.5. The Morgan fingerprint density at radius 3 is 2.46 bits per heavy atom. The first kappa shape index (κ1) is 28.9. The van der Waals surface area contributed by atoms with Crippen molar-refractivity contribution in [2.24, 2.45) is 7.05 Å². The van der Waals surface area contributed by atoms with Crippen molar-refractivity contribution >= 4 is 46.0 Å². The number of nitrogens with one attached hydrogen (secondary N) is 2. The molecule has 1 saturated heterocycles. The number of ether oxygens (including phenoxy) is 1. The second kappa shape index (κ2) is 12.1. The van der Waals surface area contributed by atoms with Crippen LogP contribution in [0.1, 0.15) is 33.3 Å². The van der Waals surface area contributed by atoms with Gasteiger partial charge < -0.3 is 24.8 Å². The lowest BCUT2D eigenvalue weighted by Crippen LogP contribution is -2.48. The molecule has 2 aromatic carbocycles. The number of aromatic nitrogens is 3. The minimum Gasteiger partial charge on any atom is -0.457 e. The van der Waals surface area contributed by atoms with Crippen molar-refractivity contribution in [3.8, 4) is 11.5 Å². The number of anilines is 3. The number of imidazole rings is 1. The van der Waals surface area contributed by atoms with E-state index in [-0.39, 0.29) is 11.3 Å². The van der Waals surface area contributed by atoms with Crippen LogP contribution >= 0.6 is 11.6 Å². The van der Waals surface area contributed by atoms with Crippen molar-refractivity contribution in [1.29, 1.82) is 0 Å². The highest BCUT2D eigenvalue weighted by atomic mass is 35.5.